The molecule has 138 valence electrons. The lowest BCUT2D eigenvalue weighted by molar-refractivity contribution is -0.148. The Morgan fingerprint density at radius 1 is 1.04 bits per heavy atom. The van der Waals surface area contributed by atoms with Crippen LogP contribution in [0.5, 0.6) is 0 Å². The molecule has 0 aromatic heterocycles. The fourth-order valence-electron chi connectivity index (χ4n) is 2.26. The van der Waals surface area contributed by atoms with Gasteiger partial charge in [0, 0.05) is 11.7 Å². The molecule has 2 N–H and O–H groups in total. The first-order valence-electron chi connectivity index (χ1n) is 8.10. The van der Waals surface area contributed by atoms with E-state index in [4.69, 9.17) is 27.9 Å². The van der Waals surface area contributed by atoms with E-state index in [1.54, 1.807) is 24.3 Å². The Balaban J connectivity index is 2.05. The molecule has 0 aliphatic rings. The van der Waals surface area contributed by atoms with Crippen molar-refractivity contribution in [2.45, 2.75) is 26.3 Å². The van der Waals surface area contributed by atoms with Crippen molar-refractivity contribution in [3.63, 3.8) is 0 Å². The zero-order valence-corrected chi connectivity index (χ0v) is 16.0. The minimum absolute atomic E-state index is 0.00787. The molecular weight excluding hydrogens is 375 g/mol. The molecule has 0 radical (unpaired) electrons. The quantitative estimate of drug-likeness (QED) is 0.685. The van der Waals surface area contributed by atoms with Gasteiger partial charge in [-0.2, -0.15) is 0 Å². The average Bonchev–Trinajstić information content (AvgIpc) is 2.57. The minimum atomic E-state index is -0.497. The van der Waals surface area contributed by atoms with Crippen molar-refractivity contribution in [3.05, 3.63) is 58.1 Å². The molecule has 2 rings (SSSR count). The predicted molar refractivity (Wildman–Crippen MR) is 104 cm³/mol. The van der Waals surface area contributed by atoms with Gasteiger partial charge in [-0.15, -0.1) is 0 Å². The Morgan fingerprint density at radius 2 is 1.69 bits per heavy atom. The van der Waals surface area contributed by atoms with Crippen molar-refractivity contribution in [1.82, 2.24) is 5.32 Å². The molecule has 0 aliphatic heterocycles. The highest BCUT2D eigenvalue weighted by Crippen LogP contribution is 2.33. The zero-order chi connectivity index (χ0) is 19.1. The van der Waals surface area contributed by atoms with Crippen molar-refractivity contribution in [2.75, 3.05) is 11.9 Å². The highest BCUT2D eigenvalue weighted by atomic mass is 35.5. The van der Waals surface area contributed by atoms with E-state index in [0.717, 1.165) is 0 Å². The van der Waals surface area contributed by atoms with E-state index in [2.05, 4.69) is 10.6 Å². The van der Waals surface area contributed by atoms with Gasteiger partial charge in [0.2, 0.25) is 0 Å². The lowest BCUT2D eigenvalue weighted by atomic mass is 10.1. The van der Waals surface area contributed by atoms with Gasteiger partial charge in [0.25, 0.3) is 5.91 Å². The smallest absolute Gasteiger partial charge is 0.310 e. The topological polar surface area (TPSA) is 67.4 Å². The van der Waals surface area contributed by atoms with Crippen molar-refractivity contribution in [3.8, 4) is 0 Å². The third kappa shape index (κ3) is 5.93. The van der Waals surface area contributed by atoms with Gasteiger partial charge in [-0.25, -0.2) is 0 Å². The van der Waals surface area contributed by atoms with Gasteiger partial charge in [-0.05, 0) is 37.6 Å². The van der Waals surface area contributed by atoms with Crippen molar-refractivity contribution >= 4 is 46.5 Å². The predicted octanol–water partition coefficient (Wildman–Crippen LogP) is 4.35. The maximum absolute atomic E-state index is 12.1. The van der Waals surface area contributed by atoms with Crippen LogP contribution in [-0.4, -0.2) is 24.5 Å². The van der Waals surface area contributed by atoms with Gasteiger partial charge < -0.3 is 15.4 Å². The SMILES string of the molecule is CC(C)NC(=O)COC(=O)Cc1ccccc1Nc1c(Cl)cccc1Cl. The van der Waals surface area contributed by atoms with Crippen LogP contribution in [0.15, 0.2) is 42.5 Å². The van der Waals surface area contributed by atoms with Crippen LogP contribution in [0.25, 0.3) is 0 Å². The van der Waals surface area contributed by atoms with Crippen LogP contribution < -0.4 is 10.6 Å². The second-order valence-electron chi connectivity index (χ2n) is 5.94. The fraction of sp³-hybridized carbons (Fsp3) is 0.263. The van der Waals surface area contributed by atoms with Gasteiger partial charge >= 0.3 is 5.97 Å². The Bertz CT molecular complexity index is 774. The Kier molecular flexibility index (Phi) is 7.30. The number of carbonyl (C=O) groups is 2. The van der Waals surface area contributed by atoms with Gasteiger partial charge in [0.05, 0.1) is 22.2 Å². The second kappa shape index (κ2) is 9.46. The summed E-state index contributed by atoms with van der Waals surface area (Å²) in [5, 5.41) is 6.76. The van der Waals surface area contributed by atoms with E-state index in [0.29, 0.717) is 27.0 Å². The van der Waals surface area contributed by atoms with E-state index in [9.17, 15) is 9.59 Å². The first kappa shape index (κ1) is 20.1. The summed E-state index contributed by atoms with van der Waals surface area (Å²) in [5.74, 6) is -0.828. The molecule has 5 nitrogen and oxygen atoms in total. The number of esters is 1. The Hall–Kier alpha value is -2.24. The molecule has 2 aromatic carbocycles. The van der Waals surface area contributed by atoms with E-state index in [-0.39, 0.29) is 25.0 Å². The van der Waals surface area contributed by atoms with Crippen LogP contribution >= 0.6 is 23.2 Å². The number of anilines is 2. The van der Waals surface area contributed by atoms with Crippen LogP contribution in [0.2, 0.25) is 10.0 Å². The number of rotatable bonds is 7. The van der Waals surface area contributed by atoms with Crippen LogP contribution in [0.3, 0.4) is 0 Å². The van der Waals surface area contributed by atoms with Gasteiger partial charge in [-0.3, -0.25) is 9.59 Å². The van der Waals surface area contributed by atoms with Crippen LogP contribution in [-0.2, 0) is 20.7 Å². The summed E-state index contributed by atoms with van der Waals surface area (Å²) in [7, 11) is 0. The second-order valence-corrected chi connectivity index (χ2v) is 6.75. The molecule has 0 spiro atoms. The normalized spacial score (nSPS) is 10.5. The molecular formula is C19H20Cl2N2O3. The number of halogens is 2. The molecule has 2 aromatic rings. The molecule has 0 bridgehead atoms. The van der Waals surface area contributed by atoms with Gasteiger partial charge in [0.1, 0.15) is 0 Å². The van der Waals surface area contributed by atoms with Gasteiger partial charge in [0.15, 0.2) is 6.61 Å². The van der Waals surface area contributed by atoms with E-state index in [1.165, 1.54) is 0 Å². The molecule has 26 heavy (non-hydrogen) atoms. The third-order valence-corrected chi connectivity index (χ3v) is 4.02. The van der Waals surface area contributed by atoms with Crippen molar-refractivity contribution in [2.24, 2.45) is 0 Å². The monoisotopic (exact) mass is 394 g/mol. The lowest BCUT2D eigenvalue weighted by Gasteiger charge is -2.14. The summed E-state index contributed by atoms with van der Waals surface area (Å²) >= 11 is 12.4. The summed E-state index contributed by atoms with van der Waals surface area (Å²) in [4.78, 5) is 23.6. The first-order valence-corrected chi connectivity index (χ1v) is 8.86. The number of benzene rings is 2. The number of amides is 1. The lowest BCUT2D eigenvalue weighted by Crippen LogP contribution is -2.34. The summed E-state index contributed by atoms with van der Waals surface area (Å²) in [6, 6.07) is 12.4. The number of ether oxygens (including phenoxy) is 1. The zero-order valence-electron chi connectivity index (χ0n) is 14.5. The maximum Gasteiger partial charge on any atom is 0.310 e. The van der Waals surface area contributed by atoms with Crippen LogP contribution in [0, 0.1) is 0 Å². The maximum atomic E-state index is 12.1. The average molecular weight is 395 g/mol. The molecule has 0 unspecified atom stereocenters. The number of carbonyl (C=O) groups excluding carboxylic acids is 2. The molecule has 7 heteroatoms. The number of para-hydroxylation sites is 2. The van der Waals surface area contributed by atoms with E-state index in [1.807, 2.05) is 32.0 Å². The third-order valence-electron chi connectivity index (χ3n) is 3.39. The molecule has 1 amide bonds. The largest absolute Gasteiger partial charge is 0.455 e. The number of hydrogen-bond donors (Lipinski definition) is 2. The fourth-order valence-corrected chi connectivity index (χ4v) is 2.76. The first-order chi connectivity index (χ1) is 12.4. The molecule has 0 saturated heterocycles. The minimum Gasteiger partial charge on any atom is -0.455 e. The van der Waals surface area contributed by atoms with Gasteiger partial charge in [-0.1, -0.05) is 47.5 Å². The standard InChI is InChI=1S/C19H20Cl2N2O3/c1-12(2)22-17(24)11-26-18(25)10-13-6-3-4-9-16(13)23-19-14(20)7-5-8-15(19)21/h3-9,12,23H,10-11H2,1-2H3,(H,22,24). The van der Waals surface area contributed by atoms with E-state index < -0.39 is 5.97 Å². The Labute approximate surface area is 162 Å². The van der Waals surface area contributed by atoms with Crippen LogP contribution in [0.4, 0.5) is 11.4 Å². The molecule has 0 heterocycles. The summed E-state index contributed by atoms with van der Waals surface area (Å²) < 4.78 is 5.03. The molecule has 0 saturated carbocycles. The highest BCUT2D eigenvalue weighted by Gasteiger charge is 2.13. The summed E-state index contributed by atoms with van der Waals surface area (Å²) in [6.45, 7) is 3.37. The molecule has 0 aliphatic carbocycles. The van der Waals surface area contributed by atoms with Crippen molar-refractivity contribution < 1.29 is 14.3 Å². The van der Waals surface area contributed by atoms with Crippen molar-refractivity contribution in [1.29, 1.82) is 0 Å². The summed E-state index contributed by atoms with van der Waals surface area (Å²) in [5.41, 5.74) is 1.96. The summed E-state index contributed by atoms with van der Waals surface area (Å²) in [6.07, 6.45) is 0.0141. The molecule has 0 atom stereocenters. The molecule has 0 fully saturated rings. The Morgan fingerprint density at radius 3 is 2.35 bits per heavy atom. The highest BCUT2D eigenvalue weighted by molar-refractivity contribution is 6.39. The van der Waals surface area contributed by atoms with E-state index >= 15 is 0 Å². The van der Waals surface area contributed by atoms with Crippen LogP contribution in [0.1, 0.15) is 19.4 Å². The number of nitrogens with one attached hydrogen (secondary N) is 2. The number of hydrogen-bond acceptors (Lipinski definition) is 4.